The number of halogens is 4. The molecule has 0 aliphatic carbocycles. The molecule has 0 spiro atoms. The molecule has 0 saturated carbocycles. The maximum atomic E-state index is 12.4. The van der Waals surface area contributed by atoms with Crippen molar-refractivity contribution in [2.75, 3.05) is 25.6 Å². The minimum atomic E-state index is -4.13. The van der Waals surface area contributed by atoms with Crippen molar-refractivity contribution in [2.24, 2.45) is 0 Å². The summed E-state index contributed by atoms with van der Waals surface area (Å²) >= 11 is 0. The van der Waals surface area contributed by atoms with Crippen LogP contribution < -0.4 is 10.5 Å². The van der Waals surface area contributed by atoms with Crippen molar-refractivity contribution in [1.82, 2.24) is 0 Å². The molecule has 2 N–H and O–H groups in total. The maximum absolute atomic E-state index is 12.4. The molecule has 0 atom stereocenters. The molecule has 1 rings (SSSR count). The van der Waals surface area contributed by atoms with Gasteiger partial charge in [0.1, 0.15) is 19.0 Å². The number of nitrogens with two attached hydrogens (primary N) is 1. The zero-order valence-corrected chi connectivity index (χ0v) is 9.41. The van der Waals surface area contributed by atoms with E-state index in [9.17, 15) is 17.6 Å². The first-order chi connectivity index (χ1) is 8.43. The predicted octanol–water partition coefficient (Wildman–Crippen LogP) is 2.56. The Morgan fingerprint density at radius 2 is 1.83 bits per heavy atom. The largest absolute Gasteiger partial charge is 0.489 e. The van der Waals surface area contributed by atoms with E-state index in [-0.39, 0.29) is 13.2 Å². The minimum Gasteiger partial charge on any atom is -0.489 e. The lowest BCUT2D eigenvalue weighted by atomic mass is 10.3. The molecule has 0 saturated heterocycles. The van der Waals surface area contributed by atoms with E-state index >= 15 is 0 Å². The topological polar surface area (TPSA) is 44.5 Å². The zero-order chi connectivity index (χ0) is 13.6. The highest BCUT2D eigenvalue weighted by Crippen LogP contribution is 2.23. The molecule has 0 aliphatic rings. The van der Waals surface area contributed by atoms with Gasteiger partial charge in [0.2, 0.25) is 0 Å². The Morgan fingerprint density at radius 1 is 1.17 bits per heavy atom. The third-order valence-corrected chi connectivity index (χ3v) is 2.02. The van der Waals surface area contributed by atoms with Crippen LogP contribution in [0.15, 0.2) is 24.3 Å². The van der Waals surface area contributed by atoms with Crippen LogP contribution in [0.5, 0.6) is 5.75 Å². The summed E-state index contributed by atoms with van der Waals surface area (Å²) in [6, 6.07) is 6.61. The Bertz CT molecular complexity index is 374. The van der Waals surface area contributed by atoms with Gasteiger partial charge in [0.05, 0.1) is 12.3 Å². The molecule has 0 bridgehead atoms. The lowest BCUT2D eigenvalue weighted by Gasteiger charge is -2.15. The Labute approximate surface area is 101 Å². The minimum absolute atomic E-state index is 0.0481. The van der Waals surface area contributed by atoms with Crippen molar-refractivity contribution in [2.45, 2.75) is 12.3 Å². The molecule has 0 fully saturated rings. The van der Waals surface area contributed by atoms with Crippen molar-refractivity contribution in [3.05, 3.63) is 24.3 Å². The van der Waals surface area contributed by atoms with Crippen LogP contribution >= 0.6 is 0 Å². The van der Waals surface area contributed by atoms with E-state index < -0.39 is 19.0 Å². The van der Waals surface area contributed by atoms with E-state index in [1.54, 1.807) is 24.3 Å². The Hall–Kier alpha value is -1.50. The van der Waals surface area contributed by atoms with Gasteiger partial charge in [0.25, 0.3) is 0 Å². The number of alkyl halides is 4. The standard InChI is InChI=1S/C11H13F4NO2/c12-10(13)11(14,15)7-17-5-6-18-9-4-2-1-3-8(9)16/h1-4,10H,5-7,16H2. The Morgan fingerprint density at radius 3 is 2.44 bits per heavy atom. The molecular formula is C11H13F4NO2. The number of para-hydroxylation sites is 2. The van der Waals surface area contributed by atoms with Gasteiger partial charge in [-0.25, -0.2) is 8.78 Å². The lowest BCUT2D eigenvalue weighted by Crippen LogP contribution is -2.33. The highest BCUT2D eigenvalue weighted by atomic mass is 19.3. The van der Waals surface area contributed by atoms with Gasteiger partial charge in [-0.15, -0.1) is 0 Å². The van der Waals surface area contributed by atoms with E-state index in [0.717, 1.165) is 0 Å². The van der Waals surface area contributed by atoms with Gasteiger partial charge < -0.3 is 15.2 Å². The van der Waals surface area contributed by atoms with Gasteiger partial charge in [-0.05, 0) is 12.1 Å². The molecule has 0 aliphatic heterocycles. The fourth-order valence-electron chi connectivity index (χ4n) is 1.09. The van der Waals surface area contributed by atoms with Gasteiger partial charge in [-0.1, -0.05) is 12.1 Å². The quantitative estimate of drug-likeness (QED) is 0.469. The number of nitrogen functional groups attached to an aromatic ring is 1. The summed E-state index contributed by atoms with van der Waals surface area (Å²) in [5, 5.41) is 0. The van der Waals surface area contributed by atoms with Crippen molar-refractivity contribution < 1.29 is 27.0 Å². The summed E-state index contributed by atoms with van der Waals surface area (Å²) in [5.74, 6) is -3.74. The summed E-state index contributed by atoms with van der Waals surface area (Å²) in [6.07, 6.45) is -3.73. The Balaban J connectivity index is 2.22. The van der Waals surface area contributed by atoms with Crippen LogP contribution in [0.4, 0.5) is 23.2 Å². The number of hydrogen-bond donors (Lipinski definition) is 1. The van der Waals surface area contributed by atoms with Gasteiger partial charge >= 0.3 is 12.3 Å². The molecular weight excluding hydrogens is 254 g/mol. The number of hydrogen-bond acceptors (Lipinski definition) is 3. The number of anilines is 1. The molecule has 7 heteroatoms. The van der Waals surface area contributed by atoms with Crippen LogP contribution in [-0.2, 0) is 4.74 Å². The SMILES string of the molecule is Nc1ccccc1OCCOCC(F)(F)C(F)F. The summed E-state index contributed by atoms with van der Waals surface area (Å²) in [5.41, 5.74) is 5.96. The van der Waals surface area contributed by atoms with Crippen molar-refractivity contribution in [3.8, 4) is 5.75 Å². The second-order valence-electron chi connectivity index (χ2n) is 3.50. The molecule has 0 heterocycles. The van der Waals surface area contributed by atoms with Crippen molar-refractivity contribution in [1.29, 1.82) is 0 Å². The smallest absolute Gasteiger partial charge is 0.330 e. The first kappa shape index (κ1) is 14.6. The second kappa shape index (κ2) is 6.44. The van der Waals surface area contributed by atoms with Crippen LogP contribution in [-0.4, -0.2) is 32.2 Å². The van der Waals surface area contributed by atoms with Crippen molar-refractivity contribution in [3.63, 3.8) is 0 Å². The third kappa shape index (κ3) is 4.40. The molecule has 3 nitrogen and oxygen atoms in total. The van der Waals surface area contributed by atoms with Gasteiger partial charge in [-0.2, -0.15) is 8.78 Å². The summed E-state index contributed by atoms with van der Waals surface area (Å²) < 4.78 is 57.9. The van der Waals surface area contributed by atoms with Crippen molar-refractivity contribution >= 4 is 5.69 Å². The Kier molecular flexibility index (Phi) is 5.21. The summed E-state index contributed by atoms with van der Waals surface area (Å²) in [6.45, 7) is -1.61. The van der Waals surface area contributed by atoms with Crippen LogP contribution in [0.2, 0.25) is 0 Å². The normalized spacial score (nSPS) is 11.8. The molecule has 102 valence electrons. The fourth-order valence-corrected chi connectivity index (χ4v) is 1.09. The van der Waals surface area contributed by atoms with Gasteiger partial charge in [0.15, 0.2) is 0 Å². The molecule has 0 aromatic heterocycles. The third-order valence-electron chi connectivity index (χ3n) is 2.02. The molecule has 0 radical (unpaired) electrons. The lowest BCUT2D eigenvalue weighted by molar-refractivity contribution is -0.166. The number of benzene rings is 1. The van der Waals surface area contributed by atoms with Crippen LogP contribution in [0, 0.1) is 0 Å². The van der Waals surface area contributed by atoms with Crippen LogP contribution in [0.1, 0.15) is 0 Å². The maximum Gasteiger partial charge on any atom is 0.330 e. The molecule has 0 amide bonds. The molecule has 0 unspecified atom stereocenters. The average molecular weight is 267 g/mol. The zero-order valence-electron chi connectivity index (χ0n) is 9.41. The van der Waals surface area contributed by atoms with E-state index in [4.69, 9.17) is 10.5 Å². The first-order valence-corrected chi connectivity index (χ1v) is 5.14. The number of ether oxygens (including phenoxy) is 2. The highest BCUT2D eigenvalue weighted by Gasteiger charge is 2.40. The monoisotopic (exact) mass is 267 g/mol. The summed E-state index contributed by atoms with van der Waals surface area (Å²) in [4.78, 5) is 0. The van der Waals surface area contributed by atoms with E-state index in [2.05, 4.69) is 4.74 Å². The highest BCUT2D eigenvalue weighted by molar-refractivity contribution is 5.51. The molecule has 18 heavy (non-hydrogen) atoms. The van der Waals surface area contributed by atoms with Gasteiger partial charge in [0, 0.05) is 0 Å². The van der Waals surface area contributed by atoms with Gasteiger partial charge in [-0.3, -0.25) is 0 Å². The van der Waals surface area contributed by atoms with Crippen LogP contribution in [0.25, 0.3) is 0 Å². The fraction of sp³-hybridized carbons (Fsp3) is 0.455. The second-order valence-corrected chi connectivity index (χ2v) is 3.50. The molecule has 1 aromatic carbocycles. The molecule has 1 aromatic rings. The predicted molar refractivity (Wildman–Crippen MR) is 58.1 cm³/mol. The van der Waals surface area contributed by atoms with E-state index in [1.165, 1.54) is 0 Å². The summed E-state index contributed by atoms with van der Waals surface area (Å²) in [7, 11) is 0. The van der Waals surface area contributed by atoms with Crippen LogP contribution in [0.3, 0.4) is 0 Å². The average Bonchev–Trinajstić information content (AvgIpc) is 2.30. The van der Waals surface area contributed by atoms with E-state index in [1.807, 2.05) is 0 Å². The first-order valence-electron chi connectivity index (χ1n) is 5.14. The number of rotatable bonds is 7. The van der Waals surface area contributed by atoms with E-state index in [0.29, 0.717) is 11.4 Å².